The minimum absolute atomic E-state index is 0.866. The van der Waals surface area contributed by atoms with Crippen LogP contribution in [0.4, 0.5) is 0 Å². The first-order valence-corrected chi connectivity index (χ1v) is 24.9. The molecule has 12 heteroatoms. The Morgan fingerprint density at radius 1 is 0.523 bits per heavy atom. The molecule has 7 saturated heterocycles. The zero-order valence-corrected chi connectivity index (χ0v) is 31.9. The summed E-state index contributed by atoms with van der Waals surface area (Å²) >= 11 is 0. The molecule has 0 amide bonds. The van der Waals surface area contributed by atoms with Crippen molar-refractivity contribution in [3.05, 3.63) is 0 Å². The topological polar surface area (TPSA) is 46.7 Å². The van der Waals surface area contributed by atoms with E-state index in [1.807, 2.05) is 0 Å². The number of unbranched alkanes of at least 4 members (excludes halogenated alkanes) is 1. The molecule has 0 atom stereocenters. The first kappa shape index (κ1) is 33.4. The van der Waals surface area contributed by atoms with Crippen molar-refractivity contribution >= 4 is 23.6 Å². The summed E-state index contributed by atoms with van der Waals surface area (Å²) in [5.74, 6) is 1.80. The van der Waals surface area contributed by atoms with Gasteiger partial charge in [0.05, 0.1) is 0 Å². The average molecular weight is 674 g/mol. The van der Waals surface area contributed by atoms with E-state index in [0.29, 0.717) is 0 Å². The van der Waals surface area contributed by atoms with Crippen LogP contribution in [-0.4, -0.2) is 118 Å². The van der Waals surface area contributed by atoms with Gasteiger partial charge >= 0.3 is 273 Å². The molecule has 0 aromatic rings. The van der Waals surface area contributed by atoms with E-state index in [1.165, 1.54) is 175 Å². The monoisotopic (exact) mass is 673 g/mol. The summed E-state index contributed by atoms with van der Waals surface area (Å²) < 4.78 is 21.9. The van der Waals surface area contributed by atoms with Crippen molar-refractivity contribution in [1.29, 1.82) is 0 Å². The van der Waals surface area contributed by atoms with Crippen molar-refractivity contribution in [3.8, 4) is 0 Å². The van der Waals surface area contributed by atoms with Gasteiger partial charge in [-0.2, -0.15) is 0 Å². The van der Waals surface area contributed by atoms with Gasteiger partial charge in [0, 0.05) is 0 Å². The summed E-state index contributed by atoms with van der Waals surface area (Å²) in [6, 6.07) is 0. The Kier molecular flexibility index (Phi) is 11.0. The van der Waals surface area contributed by atoms with Crippen LogP contribution in [0.5, 0.6) is 0 Å². The molecule has 7 aliphatic heterocycles. The van der Waals surface area contributed by atoms with Gasteiger partial charge in [-0.1, -0.05) is 0 Å². The maximum atomic E-state index is 4.99. The maximum absolute atomic E-state index is 4.99. The fourth-order valence-corrected chi connectivity index (χ4v) is 34.3. The first-order chi connectivity index (χ1) is 21.5. The number of hydrogen-bond donors (Lipinski definition) is 2. The second-order valence-corrected chi connectivity index (χ2v) is 27.2. The Labute approximate surface area is 272 Å². The molecule has 9 nitrogen and oxygen atoms in total. The van der Waals surface area contributed by atoms with Gasteiger partial charge < -0.3 is 0 Å². The van der Waals surface area contributed by atoms with Crippen LogP contribution in [0.1, 0.15) is 110 Å². The SMILES string of the molecule is CCCCC1CCN([PH]2(N3CCCC3)N[PH](N3CCCC3)(N3CCCC3)N[PH](N3CCCC3)(N3CCC(C)CC3)N2C)CC1. The van der Waals surface area contributed by atoms with Crippen LogP contribution in [0.25, 0.3) is 0 Å². The molecular weight excluding hydrogens is 603 g/mol. The summed E-state index contributed by atoms with van der Waals surface area (Å²) in [4.78, 5) is 9.96. The molecular formula is C32H70N9P3. The number of nitrogens with zero attached hydrogens (tertiary/aromatic N) is 7. The first-order valence-electron chi connectivity index (χ1n) is 19.4. The van der Waals surface area contributed by atoms with Gasteiger partial charge in [-0.25, -0.2) is 0 Å². The van der Waals surface area contributed by atoms with Gasteiger partial charge in [0.25, 0.3) is 0 Å². The normalized spacial score (nSPS) is 35.0. The van der Waals surface area contributed by atoms with Crippen LogP contribution < -0.4 is 9.72 Å². The van der Waals surface area contributed by atoms with E-state index in [9.17, 15) is 0 Å². The molecule has 0 unspecified atom stereocenters. The number of piperidine rings is 2. The second kappa shape index (κ2) is 14.4. The molecule has 0 aromatic carbocycles. The fraction of sp³-hybridized carbons (Fsp3) is 1.00. The Hall–Kier alpha value is 0.930. The van der Waals surface area contributed by atoms with Gasteiger partial charge in [-0.3, -0.25) is 0 Å². The van der Waals surface area contributed by atoms with Crippen LogP contribution in [0, 0.1) is 11.8 Å². The molecule has 7 heterocycles. The molecule has 2 N–H and O–H groups in total. The zero-order chi connectivity index (χ0) is 30.2. The third-order valence-corrected chi connectivity index (χ3v) is 30.3. The Bertz CT molecular complexity index is 908. The van der Waals surface area contributed by atoms with Gasteiger partial charge in [0.1, 0.15) is 0 Å². The standard InChI is InChI=1S/C32H70N9P3/c1-4-5-14-32-17-29-41(30-18-32)44(39-25-12-13-26-39)34-42(36-19-6-7-20-36,37-21-8-9-22-37)33-43(35(44)3,38-23-10-11-24-38)40-27-15-31(2)16-28-40/h31-34,42-44H,4-30H2,1-3H3. The van der Waals surface area contributed by atoms with Crippen molar-refractivity contribution in [3.63, 3.8) is 0 Å². The molecule has 258 valence electrons. The Morgan fingerprint density at radius 2 is 0.886 bits per heavy atom. The second-order valence-electron chi connectivity index (χ2n) is 15.8. The van der Waals surface area contributed by atoms with Gasteiger partial charge in [0.15, 0.2) is 0 Å². The summed E-state index contributed by atoms with van der Waals surface area (Å²) in [7, 11) is -4.61. The zero-order valence-electron chi connectivity index (χ0n) is 28.9. The van der Waals surface area contributed by atoms with Crippen molar-refractivity contribution in [1.82, 2.24) is 42.2 Å². The Balaban J connectivity index is 1.38. The molecule has 0 radical (unpaired) electrons. The van der Waals surface area contributed by atoms with Crippen LogP contribution in [0.3, 0.4) is 0 Å². The summed E-state index contributed by atoms with van der Waals surface area (Å²) in [5, 5.41) is 0. The quantitative estimate of drug-likeness (QED) is 0.273. The Morgan fingerprint density at radius 3 is 1.30 bits per heavy atom. The van der Waals surface area contributed by atoms with Crippen molar-refractivity contribution in [2.24, 2.45) is 11.8 Å². The number of hydrogen-bond acceptors (Lipinski definition) is 9. The molecule has 0 aliphatic carbocycles. The summed E-state index contributed by atoms with van der Waals surface area (Å²) in [6.07, 6.45) is 20.8. The van der Waals surface area contributed by atoms with Crippen molar-refractivity contribution < 1.29 is 0 Å². The van der Waals surface area contributed by atoms with E-state index in [-0.39, 0.29) is 0 Å². The number of nitrogens with one attached hydrogen (secondary N) is 2. The minimum atomic E-state index is -2.44. The molecule has 7 fully saturated rings. The average Bonchev–Trinajstić information content (AvgIpc) is 3.90. The van der Waals surface area contributed by atoms with Crippen LogP contribution in [0.15, 0.2) is 0 Å². The molecule has 0 bridgehead atoms. The van der Waals surface area contributed by atoms with Gasteiger partial charge in [-0.15, -0.1) is 0 Å². The van der Waals surface area contributed by atoms with Crippen molar-refractivity contribution in [2.45, 2.75) is 110 Å². The fourth-order valence-electron chi connectivity index (χ4n) is 10.5. The van der Waals surface area contributed by atoms with E-state index in [1.54, 1.807) is 0 Å². The van der Waals surface area contributed by atoms with Crippen LogP contribution in [0.2, 0.25) is 0 Å². The summed E-state index contributed by atoms with van der Waals surface area (Å²) in [6.45, 7) is 20.4. The van der Waals surface area contributed by atoms with Crippen LogP contribution >= 0.6 is 23.6 Å². The van der Waals surface area contributed by atoms with E-state index < -0.39 is 23.6 Å². The molecule has 0 spiro atoms. The van der Waals surface area contributed by atoms with Gasteiger partial charge in [0.2, 0.25) is 0 Å². The van der Waals surface area contributed by atoms with E-state index >= 15 is 0 Å². The van der Waals surface area contributed by atoms with Crippen LogP contribution in [-0.2, 0) is 0 Å². The predicted molar refractivity (Wildman–Crippen MR) is 196 cm³/mol. The molecule has 44 heavy (non-hydrogen) atoms. The number of rotatable bonds is 9. The third kappa shape index (κ3) is 5.92. The van der Waals surface area contributed by atoms with Crippen molar-refractivity contribution in [2.75, 3.05) is 85.6 Å². The predicted octanol–water partition coefficient (Wildman–Crippen LogP) is 6.36. The van der Waals surface area contributed by atoms with E-state index in [2.05, 4.69) is 53.4 Å². The molecule has 0 saturated carbocycles. The summed E-state index contributed by atoms with van der Waals surface area (Å²) in [5.41, 5.74) is 0. The molecule has 7 rings (SSSR count). The van der Waals surface area contributed by atoms with Gasteiger partial charge in [-0.05, 0) is 0 Å². The third-order valence-electron chi connectivity index (χ3n) is 13.1. The van der Waals surface area contributed by atoms with E-state index in [4.69, 9.17) is 9.72 Å². The van der Waals surface area contributed by atoms with E-state index in [0.717, 1.165) is 11.8 Å². The molecule has 7 aliphatic rings. The molecule has 0 aromatic heterocycles.